The third-order valence-electron chi connectivity index (χ3n) is 2.17. The third kappa shape index (κ3) is 2.96. The minimum absolute atomic E-state index is 0.220. The van der Waals surface area contributed by atoms with Gasteiger partial charge in [0.05, 0.1) is 14.6 Å². The van der Waals surface area contributed by atoms with E-state index in [4.69, 9.17) is 22.1 Å². The van der Waals surface area contributed by atoms with E-state index in [0.717, 1.165) is 0 Å². The zero-order chi connectivity index (χ0) is 13.3. The fourth-order valence-electron chi connectivity index (χ4n) is 1.31. The summed E-state index contributed by atoms with van der Waals surface area (Å²) < 4.78 is 19.8. The lowest BCUT2D eigenvalue weighted by atomic mass is 10.3. The monoisotopic (exact) mass is 393 g/mol. The Morgan fingerprint density at radius 1 is 1.06 bits per heavy atom. The van der Waals surface area contributed by atoms with Crippen molar-refractivity contribution in [1.29, 1.82) is 0 Å². The second-order valence-corrected chi connectivity index (χ2v) is 5.63. The molecule has 0 fully saturated rings. The lowest BCUT2D eigenvalue weighted by Gasteiger charge is -2.11. The Labute approximate surface area is 125 Å². The van der Waals surface area contributed by atoms with Gasteiger partial charge in [-0.3, -0.25) is 0 Å². The second-order valence-electron chi connectivity index (χ2n) is 3.48. The smallest absolute Gasteiger partial charge is 0.151 e. The fourth-order valence-corrected chi connectivity index (χ4v) is 2.39. The second kappa shape index (κ2) is 5.47. The summed E-state index contributed by atoms with van der Waals surface area (Å²) in [6, 6.07) is 7.76. The van der Waals surface area contributed by atoms with Gasteiger partial charge in [-0.2, -0.15) is 0 Å². The molecular weight excluding hydrogens is 388 g/mol. The fraction of sp³-hybridized carbons (Fsp3) is 0. The number of rotatable bonds is 2. The van der Waals surface area contributed by atoms with Crippen molar-refractivity contribution >= 4 is 49.1 Å². The van der Waals surface area contributed by atoms with E-state index in [2.05, 4.69) is 31.9 Å². The topological polar surface area (TPSA) is 35.2 Å². The molecule has 0 unspecified atom stereocenters. The van der Waals surface area contributed by atoms with Crippen LogP contribution in [-0.4, -0.2) is 0 Å². The highest BCUT2D eigenvalue weighted by Crippen LogP contribution is 2.36. The summed E-state index contributed by atoms with van der Waals surface area (Å²) in [7, 11) is 0. The quantitative estimate of drug-likeness (QED) is 0.693. The van der Waals surface area contributed by atoms with E-state index in [-0.39, 0.29) is 10.2 Å². The average Bonchev–Trinajstić information content (AvgIpc) is 2.29. The van der Waals surface area contributed by atoms with Crippen LogP contribution in [0, 0.1) is 5.82 Å². The number of anilines is 1. The first-order valence-electron chi connectivity index (χ1n) is 4.85. The van der Waals surface area contributed by atoms with E-state index in [0.29, 0.717) is 21.0 Å². The van der Waals surface area contributed by atoms with E-state index < -0.39 is 5.82 Å². The zero-order valence-corrected chi connectivity index (χ0v) is 12.8. The predicted molar refractivity (Wildman–Crippen MR) is 77.7 cm³/mol. The molecule has 0 atom stereocenters. The molecule has 2 aromatic rings. The molecule has 0 aliphatic carbocycles. The van der Waals surface area contributed by atoms with Gasteiger partial charge in [-0.25, -0.2) is 4.39 Å². The Morgan fingerprint density at radius 3 is 2.44 bits per heavy atom. The number of ether oxygens (including phenoxy) is 1. The maximum Gasteiger partial charge on any atom is 0.151 e. The molecule has 0 bridgehead atoms. The maximum absolute atomic E-state index is 13.2. The summed E-state index contributed by atoms with van der Waals surface area (Å²) in [4.78, 5) is 0. The summed E-state index contributed by atoms with van der Waals surface area (Å²) >= 11 is 12.2. The van der Waals surface area contributed by atoms with Crippen molar-refractivity contribution in [2.75, 3.05) is 5.73 Å². The molecule has 6 heteroatoms. The lowest BCUT2D eigenvalue weighted by Crippen LogP contribution is -1.94. The van der Waals surface area contributed by atoms with E-state index in [1.54, 1.807) is 18.2 Å². The highest BCUT2D eigenvalue weighted by Gasteiger charge is 2.10. The largest absolute Gasteiger partial charge is 0.454 e. The molecule has 0 amide bonds. The SMILES string of the molecule is Nc1cc(F)c(Br)cc1Oc1ccc(Cl)cc1Br. The van der Waals surface area contributed by atoms with E-state index in [9.17, 15) is 4.39 Å². The Morgan fingerprint density at radius 2 is 1.78 bits per heavy atom. The van der Waals surface area contributed by atoms with Gasteiger partial charge < -0.3 is 10.5 Å². The van der Waals surface area contributed by atoms with Crippen molar-refractivity contribution in [2.45, 2.75) is 0 Å². The lowest BCUT2D eigenvalue weighted by molar-refractivity contribution is 0.479. The minimum Gasteiger partial charge on any atom is -0.454 e. The Balaban J connectivity index is 2.37. The summed E-state index contributed by atoms with van der Waals surface area (Å²) in [5.74, 6) is 0.478. The van der Waals surface area contributed by atoms with Gasteiger partial charge >= 0.3 is 0 Å². The molecular formula is C12H7Br2ClFNO. The number of hydrogen-bond donors (Lipinski definition) is 1. The van der Waals surface area contributed by atoms with Crippen LogP contribution >= 0.6 is 43.5 Å². The highest BCUT2D eigenvalue weighted by atomic mass is 79.9. The molecule has 2 rings (SSSR count). The van der Waals surface area contributed by atoms with Crippen molar-refractivity contribution in [1.82, 2.24) is 0 Å². The Hall–Kier alpha value is -0.780. The Bertz CT molecular complexity index is 607. The standard InChI is InChI=1S/C12H7Br2ClFNO/c13-7-4-12(10(17)5-9(7)16)18-11-2-1-6(15)3-8(11)14/h1-5H,17H2. The molecule has 0 aliphatic heterocycles. The van der Waals surface area contributed by atoms with E-state index in [1.165, 1.54) is 12.1 Å². The first-order chi connectivity index (χ1) is 8.47. The van der Waals surface area contributed by atoms with Gasteiger partial charge in [0.1, 0.15) is 11.6 Å². The van der Waals surface area contributed by atoms with Crippen LogP contribution in [0.3, 0.4) is 0 Å². The number of benzene rings is 2. The number of nitrogens with two attached hydrogens (primary N) is 1. The van der Waals surface area contributed by atoms with Gasteiger partial charge in [-0.15, -0.1) is 0 Å². The van der Waals surface area contributed by atoms with Gasteiger partial charge in [0, 0.05) is 17.2 Å². The molecule has 0 saturated heterocycles. The molecule has 0 radical (unpaired) electrons. The molecule has 2 aromatic carbocycles. The third-order valence-corrected chi connectivity index (χ3v) is 3.63. The maximum atomic E-state index is 13.2. The molecule has 2 N–H and O–H groups in total. The Kier molecular flexibility index (Phi) is 4.14. The van der Waals surface area contributed by atoms with Crippen LogP contribution in [-0.2, 0) is 0 Å². The molecule has 0 aliphatic rings. The van der Waals surface area contributed by atoms with Crippen molar-refractivity contribution in [3.8, 4) is 11.5 Å². The van der Waals surface area contributed by atoms with Crippen LogP contribution in [0.25, 0.3) is 0 Å². The van der Waals surface area contributed by atoms with Crippen LogP contribution in [0.15, 0.2) is 39.3 Å². The molecule has 0 spiro atoms. The van der Waals surface area contributed by atoms with Crippen molar-refractivity contribution in [3.63, 3.8) is 0 Å². The van der Waals surface area contributed by atoms with Gasteiger partial charge in [0.15, 0.2) is 5.75 Å². The van der Waals surface area contributed by atoms with Crippen LogP contribution in [0.2, 0.25) is 5.02 Å². The minimum atomic E-state index is -0.435. The summed E-state index contributed by atoms with van der Waals surface area (Å²) in [5.41, 5.74) is 5.91. The molecule has 0 aromatic heterocycles. The molecule has 0 heterocycles. The zero-order valence-electron chi connectivity index (χ0n) is 8.88. The summed E-state index contributed by atoms with van der Waals surface area (Å²) in [6.45, 7) is 0. The molecule has 0 saturated carbocycles. The van der Waals surface area contributed by atoms with Crippen LogP contribution in [0.5, 0.6) is 11.5 Å². The molecule has 18 heavy (non-hydrogen) atoms. The first kappa shape index (κ1) is 13.6. The van der Waals surface area contributed by atoms with Crippen molar-refractivity contribution < 1.29 is 9.13 Å². The van der Waals surface area contributed by atoms with Crippen LogP contribution in [0.1, 0.15) is 0 Å². The van der Waals surface area contributed by atoms with Gasteiger partial charge in [-0.05, 0) is 50.1 Å². The van der Waals surface area contributed by atoms with Crippen molar-refractivity contribution in [2.24, 2.45) is 0 Å². The first-order valence-corrected chi connectivity index (χ1v) is 6.81. The van der Waals surface area contributed by atoms with Gasteiger partial charge in [-0.1, -0.05) is 11.6 Å². The average molecular weight is 395 g/mol. The number of hydrogen-bond acceptors (Lipinski definition) is 2. The van der Waals surface area contributed by atoms with Gasteiger partial charge in [0.2, 0.25) is 0 Å². The van der Waals surface area contributed by atoms with Crippen molar-refractivity contribution in [3.05, 3.63) is 50.1 Å². The highest BCUT2D eigenvalue weighted by molar-refractivity contribution is 9.10. The van der Waals surface area contributed by atoms with E-state index >= 15 is 0 Å². The number of halogens is 4. The molecule has 2 nitrogen and oxygen atoms in total. The predicted octanol–water partition coefficient (Wildman–Crippen LogP) is 5.38. The molecule has 94 valence electrons. The number of nitrogen functional groups attached to an aromatic ring is 1. The summed E-state index contributed by atoms with van der Waals surface area (Å²) in [6.07, 6.45) is 0. The summed E-state index contributed by atoms with van der Waals surface area (Å²) in [5, 5.41) is 0.586. The van der Waals surface area contributed by atoms with Crippen LogP contribution in [0.4, 0.5) is 10.1 Å². The normalized spacial score (nSPS) is 10.4. The van der Waals surface area contributed by atoms with Crippen LogP contribution < -0.4 is 10.5 Å². The van der Waals surface area contributed by atoms with E-state index in [1.807, 2.05) is 0 Å². The van der Waals surface area contributed by atoms with Gasteiger partial charge in [0.25, 0.3) is 0 Å².